The first-order chi connectivity index (χ1) is 12.0. The normalized spacial score (nSPS) is 12.2. The molecule has 0 saturated carbocycles. The lowest BCUT2D eigenvalue weighted by atomic mass is 10.2. The summed E-state index contributed by atoms with van der Waals surface area (Å²) < 4.78 is 12.8. The molecule has 0 spiro atoms. The van der Waals surface area contributed by atoms with Gasteiger partial charge < -0.3 is 14.4 Å². The van der Waals surface area contributed by atoms with E-state index in [4.69, 9.17) is 9.47 Å². The maximum absolute atomic E-state index is 12.6. The quantitative estimate of drug-likeness (QED) is 0.780. The summed E-state index contributed by atoms with van der Waals surface area (Å²) in [5, 5.41) is 0. The SMILES string of the molecule is CCN(Cc1ccc2c(c1)OCO2)C(=O)Cn1ccc(=O)n(C)c1=O. The summed E-state index contributed by atoms with van der Waals surface area (Å²) in [6.07, 6.45) is 1.34. The minimum absolute atomic E-state index is 0.120. The molecule has 8 nitrogen and oxygen atoms in total. The molecule has 1 aromatic carbocycles. The number of ether oxygens (including phenoxy) is 2. The van der Waals surface area contributed by atoms with Crippen molar-refractivity contribution in [2.75, 3.05) is 13.3 Å². The van der Waals surface area contributed by atoms with E-state index in [1.165, 1.54) is 23.9 Å². The van der Waals surface area contributed by atoms with E-state index in [9.17, 15) is 14.4 Å². The molecule has 0 aliphatic carbocycles. The van der Waals surface area contributed by atoms with Crippen molar-refractivity contribution in [2.45, 2.75) is 20.0 Å². The van der Waals surface area contributed by atoms with Gasteiger partial charge in [-0.3, -0.25) is 18.7 Å². The number of amides is 1. The zero-order valence-electron chi connectivity index (χ0n) is 14.1. The summed E-state index contributed by atoms with van der Waals surface area (Å²) in [6, 6.07) is 6.80. The molecule has 0 N–H and O–H groups in total. The maximum Gasteiger partial charge on any atom is 0.331 e. The first-order valence-electron chi connectivity index (χ1n) is 7.92. The van der Waals surface area contributed by atoms with Gasteiger partial charge in [0.05, 0.1) is 0 Å². The van der Waals surface area contributed by atoms with Crippen molar-refractivity contribution in [1.82, 2.24) is 14.0 Å². The van der Waals surface area contributed by atoms with Crippen molar-refractivity contribution in [2.24, 2.45) is 7.05 Å². The van der Waals surface area contributed by atoms with Crippen LogP contribution in [0, 0.1) is 0 Å². The molecule has 25 heavy (non-hydrogen) atoms. The molecule has 0 saturated heterocycles. The van der Waals surface area contributed by atoms with E-state index < -0.39 is 11.2 Å². The van der Waals surface area contributed by atoms with Crippen LogP contribution in [0.4, 0.5) is 0 Å². The number of fused-ring (bicyclic) bond motifs is 1. The van der Waals surface area contributed by atoms with Gasteiger partial charge in [-0.15, -0.1) is 0 Å². The van der Waals surface area contributed by atoms with Crippen LogP contribution in [0.5, 0.6) is 11.5 Å². The van der Waals surface area contributed by atoms with Gasteiger partial charge >= 0.3 is 5.69 Å². The Labute approximate surface area is 143 Å². The minimum atomic E-state index is -0.514. The predicted molar refractivity (Wildman–Crippen MR) is 89.6 cm³/mol. The lowest BCUT2D eigenvalue weighted by Gasteiger charge is -2.21. The first kappa shape index (κ1) is 16.8. The van der Waals surface area contributed by atoms with Gasteiger partial charge in [0.2, 0.25) is 12.7 Å². The molecule has 1 aliphatic heterocycles. The highest BCUT2D eigenvalue weighted by Gasteiger charge is 2.17. The summed E-state index contributed by atoms with van der Waals surface area (Å²) >= 11 is 0. The number of likely N-dealkylation sites (N-methyl/N-ethyl adjacent to an activating group) is 1. The number of aromatic nitrogens is 2. The highest BCUT2D eigenvalue weighted by Crippen LogP contribution is 2.32. The summed E-state index contributed by atoms with van der Waals surface area (Å²) in [7, 11) is 1.38. The van der Waals surface area contributed by atoms with Gasteiger partial charge in [-0.1, -0.05) is 6.07 Å². The largest absolute Gasteiger partial charge is 0.454 e. The average Bonchev–Trinajstić information content (AvgIpc) is 3.07. The van der Waals surface area contributed by atoms with Crippen molar-refractivity contribution in [1.29, 1.82) is 0 Å². The van der Waals surface area contributed by atoms with Gasteiger partial charge in [0.1, 0.15) is 6.54 Å². The fourth-order valence-electron chi connectivity index (χ4n) is 2.62. The van der Waals surface area contributed by atoms with Gasteiger partial charge in [-0.05, 0) is 24.6 Å². The van der Waals surface area contributed by atoms with Crippen LogP contribution in [0.2, 0.25) is 0 Å². The molecule has 0 fully saturated rings. The third kappa shape index (κ3) is 3.42. The van der Waals surface area contributed by atoms with E-state index in [0.29, 0.717) is 24.6 Å². The molecule has 0 radical (unpaired) electrons. The van der Waals surface area contributed by atoms with E-state index in [0.717, 1.165) is 10.1 Å². The van der Waals surface area contributed by atoms with Gasteiger partial charge in [0.25, 0.3) is 5.56 Å². The van der Waals surface area contributed by atoms with Crippen LogP contribution in [0.3, 0.4) is 0 Å². The molecule has 2 aromatic rings. The third-order valence-electron chi connectivity index (χ3n) is 4.11. The number of hydrogen-bond donors (Lipinski definition) is 0. The van der Waals surface area contributed by atoms with Crippen molar-refractivity contribution in [3.63, 3.8) is 0 Å². The average molecular weight is 345 g/mol. The van der Waals surface area contributed by atoms with E-state index >= 15 is 0 Å². The summed E-state index contributed by atoms with van der Waals surface area (Å²) in [5.74, 6) is 1.14. The molecule has 132 valence electrons. The molecule has 1 aromatic heterocycles. The number of nitrogens with zero attached hydrogens (tertiary/aromatic N) is 3. The zero-order valence-corrected chi connectivity index (χ0v) is 14.1. The van der Waals surface area contributed by atoms with Crippen LogP contribution < -0.4 is 20.7 Å². The van der Waals surface area contributed by atoms with Gasteiger partial charge in [-0.2, -0.15) is 0 Å². The lowest BCUT2D eigenvalue weighted by molar-refractivity contribution is -0.132. The molecule has 8 heteroatoms. The van der Waals surface area contributed by atoms with Crippen LogP contribution in [0.1, 0.15) is 12.5 Å². The highest BCUT2D eigenvalue weighted by molar-refractivity contribution is 5.76. The van der Waals surface area contributed by atoms with Crippen LogP contribution in [0.15, 0.2) is 40.1 Å². The summed E-state index contributed by atoms with van der Waals surface area (Å²) in [4.78, 5) is 37.7. The van der Waals surface area contributed by atoms with Crippen molar-refractivity contribution < 1.29 is 14.3 Å². The third-order valence-corrected chi connectivity index (χ3v) is 4.11. The molecular formula is C17H19N3O5. The van der Waals surface area contributed by atoms with Crippen LogP contribution in [-0.4, -0.2) is 33.3 Å². The minimum Gasteiger partial charge on any atom is -0.454 e. The first-order valence-corrected chi connectivity index (χ1v) is 7.92. The maximum atomic E-state index is 12.6. The van der Waals surface area contributed by atoms with Crippen LogP contribution >= 0.6 is 0 Å². The van der Waals surface area contributed by atoms with Gasteiger partial charge in [0, 0.05) is 32.4 Å². The second kappa shape index (κ2) is 6.84. The smallest absolute Gasteiger partial charge is 0.331 e. The fourth-order valence-corrected chi connectivity index (χ4v) is 2.62. The Bertz CT molecular complexity index is 915. The number of benzene rings is 1. The number of carbonyl (C=O) groups excluding carboxylic acids is 1. The Morgan fingerprint density at radius 1 is 1.20 bits per heavy atom. The molecule has 0 bridgehead atoms. The molecule has 3 rings (SSSR count). The topological polar surface area (TPSA) is 82.8 Å². The van der Waals surface area contributed by atoms with E-state index in [-0.39, 0.29) is 19.2 Å². The van der Waals surface area contributed by atoms with Crippen molar-refractivity contribution in [3.8, 4) is 11.5 Å². The monoisotopic (exact) mass is 345 g/mol. The Morgan fingerprint density at radius 3 is 2.72 bits per heavy atom. The van der Waals surface area contributed by atoms with Gasteiger partial charge in [0.15, 0.2) is 11.5 Å². The molecular weight excluding hydrogens is 326 g/mol. The van der Waals surface area contributed by atoms with Crippen molar-refractivity contribution >= 4 is 5.91 Å². The fraction of sp³-hybridized carbons (Fsp3) is 0.353. The second-order valence-electron chi connectivity index (χ2n) is 5.72. The summed E-state index contributed by atoms with van der Waals surface area (Å²) in [6.45, 7) is 2.84. The molecule has 2 heterocycles. The standard InChI is InChI=1S/C17H19N3O5/c1-3-19(9-12-4-5-13-14(8-12)25-11-24-13)16(22)10-20-7-6-15(21)18(2)17(20)23/h4-8H,3,9-11H2,1-2H3. The highest BCUT2D eigenvalue weighted by atomic mass is 16.7. The Hall–Kier alpha value is -3.03. The molecule has 1 aliphatic rings. The number of rotatable bonds is 5. The molecule has 0 unspecified atom stereocenters. The van der Waals surface area contributed by atoms with E-state index in [2.05, 4.69) is 0 Å². The number of hydrogen-bond acceptors (Lipinski definition) is 5. The summed E-state index contributed by atoms with van der Waals surface area (Å²) in [5.41, 5.74) is -0.00588. The number of carbonyl (C=O) groups is 1. The van der Waals surface area contributed by atoms with Crippen LogP contribution in [-0.2, 0) is 24.9 Å². The van der Waals surface area contributed by atoms with Crippen molar-refractivity contribution in [3.05, 3.63) is 56.9 Å². The Morgan fingerprint density at radius 2 is 1.96 bits per heavy atom. The lowest BCUT2D eigenvalue weighted by Crippen LogP contribution is -2.41. The Kier molecular flexibility index (Phi) is 4.60. The van der Waals surface area contributed by atoms with E-state index in [1.54, 1.807) is 4.90 Å². The second-order valence-corrected chi connectivity index (χ2v) is 5.72. The predicted octanol–water partition coefficient (Wildman–Crippen LogP) is 0.324. The molecule has 1 amide bonds. The van der Waals surface area contributed by atoms with Crippen LogP contribution in [0.25, 0.3) is 0 Å². The van der Waals surface area contributed by atoms with Gasteiger partial charge in [-0.25, -0.2) is 4.79 Å². The molecule has 0 atom stereocenters. The Balaban J connectivity index is 1.75. The zero-order chi connectivity index (χ0) is 18.0. The van der Waals surface area contributed by atoms with E-state index in [1.807, 2.05) is 25.1 Å².